The van der Waals surface area contributed by atoms with E-state index in [4.69, 9.17) is 13.6 Å². The number of amides is 2. The van der Waals surface area contributed by atoms with Crippen LogP contribution >= 0.6 is 0 Å². The van der Waals surface area contributed by atoms with Gasteiger partial charge in [-0.1, -0.05) is 12.1 Å². The van der Waals surface area contributed by atoms with Gasteiger partial charge in [-0.3, -0.25) is 9.59 Å². The van der Waals surface area contributed by atoms with Gasteiger partial charge in [0.05, 0.1) is 12.8 Å². The van der Waals surface area contributed by atoms with Crippen LogP contribution in [-0.4, -0.2) is 18.4 Å². The maximum atomic E-state index is 12.3. The molecule has 32 heavy (non-hydrogen) atoms. The van der Waals surface area contributed by atoms with Gasteiger partial charge in [0.2, 0.25) is 0 Å². The minimum atomic E-state index is -0.454. The molecule has 0 bridgehead atoms. The van der Waals surface area contributed by atoms with E-state index < -0.39 is 5.63 Å². The number of nitrogens with one attached hydrogen (secondary N) is 2. The smallest absolute Gasteiger partial charge is 0.336 e. The summed E-state index contributed by atoms with van der Waals surface area (Å²) in [6, 6.07) is 18.5. The maximum Gasteiger partial charge on any atom is 0.336 e. The minimum Gasteiger partial charge on any atom is -0.484 e. The van der Waals surface area contributed by atoms with Gasteiger partial charge >= 0.3 is 5.63 Å². The Kier molecular flexibility index (Phi) is 6.31. The van der Waals surface area contributed by atoms with Gasteiger partial charge in [-0.05, 0) is 48.0 Å². The third-order valence-corrected chi connectivity index (χ3v) is 4.65. The number of ether oxygens (including phenoxy) is 1. The number of hydrogen-bond donors (Lipinski definition) is 2. The highest BCUT2D eigenvalue weighted by atomic mass is 16.5. The maximum absolute atomic E-state index is 12.3. The zero-order chi connectivity index (χ0) is 22.3. The Morgan fingerprint density at radius 1 is 0.906 bits per heavy atom. The van der Waals surface area contributed by atoms with Crippen molar-refractivity contribution in [3.8, 4) is 5.75 Å². The van der Waals surface area contributed by atoms with Crippen molar-refractivity contribution in [3.63, 3.8) is 0 Å². The zero-order valence-electron chi connectivity index (χ0n) is 17.0. The van der Waals surface area contributed by atoms with Crippen LogP contribution in [0.3, 0.4) is 0 Å². The zero-order valence-corrected chi connectivity index (χ0v) is 17.0. The first-order valence-corrected chi connectivity index (χ1v) is 9.90. The van der Waals surface area contributed by atoms with E-state index in [0.717, 1.165) is 10.9 Å². The van der Waals surface area contributed by atoms with Gasteiger partial charge in [0.1, 0.15) is 17.1 Å². The van der Waals surface area contributed by atoms with Gasteiger partial charge in [0, 0.05) is 29.6 Å². The number of carbonyl (C=O) groups is 2. The largest absolute Gasteiger partial charge is 0.484 e. The van der Waals surface area contributed by atoms with Gasteiger partial charge in [0.25, 0.3) is 11.8 Å². The van der Waals surface area contributed by atoms with Gasteiger partial charge < -0.3 is 24.2 Å². The van der Waals surface area contributed by atoms with Crippen LogP contribution in [-0.2, 0) is 17.9 Å². The topological polar surface area (TPSA) is 111 Å². The van der Waals surface area contributed by atoms with Crippen molar-refractivity contribution in [1.29, 1.82) is 0 Å². The molecule has 4 aromatic rings. The highest BCUT2D eigenvalue weighted by molar-refractivity contribution is 5.94. The quantitative estimate of drug-likeness (QED) is 0.414. The van der Waals surface area contributed by atoms with E-state index in [1.165, 1.54) is 6.07 Å². The van der Waals surface area contributed by atoms with Crippen molar-refractivity contribution < 1.29 is 23.2 Å². The van der Waals surface area contributed by atoms with Crippen LogP contribution in [0.1, 0.15) is 21.7 Å². The van der Waals surface area contributed by atoms with E-state index in [1.54, 1.807) is 60.9 Å². The second-order valence-corrected chi connectivity index (χ2v) is 6.98. The Morgan fingerprint density at radius 2 is 1.78 bits per heavy atom. The van der Waals surface area contributed by atoms with E-state index in [-0.39, 0.29) is 25.0 Å². The molecule has 4 rings (SSSR count). The number of fused-ring (bicyclic) bond motifs is 1. The first-order valence-electron chi connectivity index (χ1n) is 9.90. The summed E-state index contributed by atoms with van der Waals surface area (Å²) >= 11 is 0. The number of furan rings is 1. The normalized spacial score (nSPS) is 10.6. The summed E-state index contributed by atoms with van der Waals surface area (Å²) in [5.74, 6) is 0.515. The van der Waals surface area contributed by atoms with E-state index in [0.29, 0.717) is 29.2 Å². The fourth-order valence-electron chi connectivity index (χ4n) is 3.04. The second kappa shape index (κ2) is 9.65. The number of hydrogen-bond acceptors (Lipinski definition) is 6. The molecule has 162 valence electrons. The number of benzene rings is 2. The van der Waals surface area contributed by atoms with E-state index in [1.807, 2.05) is 6.07 Å². The highest BCUT2D eigenvalue weighted by Gasteiger charge is 2.09. The summed E-state index contributed by atoms with van der Waals surface area (Å²) in [4.78, 5) is 35.8. The lowest BCUT2D eigenvalue weighted by Gasteiger charge is -2.09. The van der Waals surface area contributed by atoms with Crippen molar-refractivity contribution in [1.82, 2.24) is 10.6 Å². The molecule has 0 unspecified atom stereocenters. The lowest BCUT2D eigenvalue weighted by Crippen LogP contribution is -2.28. The third-order valence-electron chi connectivity index (χ3n) is 4.65. The first kappa shape index (κ1) is 20.9. The molecular weight excluding hydrogens is 412 g/mol. The Bertz CT molecular complexity index is 1290. The average molecular weight is 432 g/mol. The van der Waals surface area contributed by atoms with Gasteiger partial charge in [-0.2, -0.15) is 0 Å². The molecule has 0 spiro atoms. The molecular formula is C24H20N2O6. The lowest BCUT2D eigenvalue weighted by molar-refractivity contribution is -0.123. The molecule has 0 fully saturated rings. The van der Waals surface area contributed by atoms with Crippen molar-refractivity contribution >= 4 is 22.8 Å². The Hall–Kier alpha value is -4.33. The summed E-state index contributed by atoms with van der Waals surface area (Å²) in [7, 11) is 0. The van der Waals surface area contributed by atoms with Gasteiger partial charge in [-0.15, -0.1) is 0 Å². The number of carbonyl (C=O) groups excluding carboxylic acids is 2. The number of rotatable bonds is 8. The lowest BCUT2D eigenvalue weighted by atomic mass is 10.1. The summed E-state index contributed by atoms with van der Waals surface area (Å²) in [5.41, 5.74) is 1.19. The summed E-state index contributed by atoms with van der Waals surface area (Å²) < 4.78 is 15.8. The molecule has 8 nitrogen and oxygen atoms in total. The van der Waals surface area contributed by atoms with E-state index in [9.17, 15) is 14.4 Å². The molecule has 2 aromatic heterocycles. The Labute approximate surface area is 182 Å². The summed E-state index contributed by atoms with van der Waals surface area (Å²) in [5, 5.41) is 6.29. The Morgan fingerprint density at radius 3 is 2.62 bits per heavy atom. The fraction of sp³-hybridized carbons (Fsp3) is 0.125. The summed E-state index contributed by atoms with van der Waals surface area (Å²) in [6.07, 6.45) is 1.55. The summed E-state index contributed by atoms with van der Waals surface area (Å²) in [6.45, 7) is 0.336. The molecule has 0 atom stereocenters. The van der Waals surface area contributed by atoms with Crippen LogP contribution in [0, 0.1) is 0 Å². The molecule has 0 saturated carbocycles. The molecule has 8 heteroatoms. The average Bonchev–Trinajstić information content (AvgIpc) is 3.33. The van der Waals surface area contributed by atoms with Crippen LogP contribution in [0.15, 0.2) is 86.6 Å². The molecule has 2 aromatic carbocycles. The predicted octanol–water partition coefficient (Wildman–Crippen LogP) is 3.01. The molecule has 2 heterocycles. The van der Waals surface area contributed by atoms with Crippen LogP contribution in [0.2, 0.25) is 0 Å². The van der Waals surface area contributed by atoms with Gasteiger partial charge in [0.15, 0.2) is 6.61 Å². The van der Waals surface area contributed by atoms with Gasteiger partial charge in [-0.25, -0.2) is 4.79 Å². The fourth-order valence-corrected chi connectivity index (χ4v) is 3.04. The Balaban J connectivity index is 1.28. The minimum absolute atomic E-state index is 0.202. The van der Waals surface area contributed by atoms with Crippen molar-refractivity contribution in [2.75, 3.05) is 6.61 Å². The predicted molar refractivity (Wildman–Crippen MR) is 116 cm³/mol. The van der Waals surface area contributed by atoms with Crippen LogP contribution in [0.25, 0.3) is 11.0 Å². The molecule has 0 aliphatic carbocycles. The van der Waals surface area contributed by atoms with Crippen molar-refractivity contribution in [2.24, 2.45) is 0 Å². The molecule has 0 aliphatic rings. The second-order valence-electron chi connectivity index (χ2n) is 6.98. The molecule has 0 radical (unpaired) electrons. The van der Waals surface area contributed by atoms with E-state index in [2.05, 4.69) is 10.6 Å². The molecule has 2 N–H and O–H groups in total. The first-order chi connectivity index (χ1) is 15.6. The SMILES string of the molecule is O=C(COc1ccc2ccc(=O)oc2c1)NCc1cccc(C(=O)NCc2ccco2)c1. The van der Waals surface area contributed by atoms with E-state index >= 15 is 0 Å². The van der Waals surface area contributed by atoms with Crippen molar-refractivity contribution in [3.05, 3.63) is 100 Å². The standard InChI is InChI=1S/C24H20N2O6/c27-22(15-31-19-8-6-17-7-9-23(28)32-21(17)12-19)25-13-16-3-1-4-18(11-16)24(29)26-14-20-5-2-10-30-20/h1-12H,13-15H2,(H,25,27)(H,26,29). The van der Waals surface area contributed by atoms with Crippen LogP contribution < -0.4 is 21.0 Å². The molecule has 0 saturated heterocycles. The molecule has 0 aliphatic heterocycles. The van der Waals surface area contributed by atoms with Crippen LogP contribution in [0.5, 0.6) is 5.75 Å². The van der Waals surface area contributed by atoms with Crippen LogP contribution in [0.4, 0.5) is 0 Å². The monoisotopic (exact) mass is 432 g/mol. The highest BCUT2D eigenvalue weighted by Crippen LogP contribution is 2.19. The molecule has 2 amide bonds. The third kappa shape index (κ3) is 5.42. The van der Waals surface area contributed by atoms with Crippen molar-refractivity contribution in [2.45, 2.75) is 13.1 Å².